The third-order valence-corrected chi connectivity index (χ3v) is 3.28. The molecule has 0 aliphatic carbocycles. The van der Waals surface area contributed by atoms with Crippen molar-refractivity contribution in [2.45, 2.75) is 12.5 Å². The molecule has 0 heterocycles. The Bertz CT molecular complexity index is 484. The van der Waals surface area contributed by atoms with Gasteiger partial charge in [-0.25, -0.2) is 9.18 Å². The van der Waals surface area contributed by atoms with E-state index in [4.69, 9.17) is 16.7 Å². The molecular formula is C12H13ClFNO3S. The number of carbonyl (C=O) groups excluding carboxylic acids is 1. The number of carboxylic acid groups (broad SMARTS) is 1. The molecule has 104 valence electrons. The molecule has 1 rings (SSSR count). The fraction of sp³-hybridized carbons (Fsp3) is 0.333. The molecule has 0 saturated heterocycles. The molecule has 1 atom stereocenters. The van der Waals surface area contributed by atoms with E-state index in [0.717, 1.165) is 6.07 Å². The number of carboxylic acids is 1. The van der Waals surface area contributed by atoms with Crippen LogP contribution in [0, 0.1) is 5.82 Å². The topological polar surface area (TPSA) is 66.4 Å². The lowest BCUT2D eigenvalue weighted by molar-refractivity contribution is -0.142. The van der Waals surface area contributed by atoms with E-state index in [2.05, 4.69) is 5.32 Å². The maximum Gasteiger partial charge on any atom is 0.330 e. The molecule has 4 nitrogen and oxygen atoms in total. The average molecular weight is 306 g/mol. The van der Waals surface area contributed by atoms with Crippen molar-refractivity contribution in [3.8, 4) is 0 Å². The van der Waals surface area contributed by atoms with Crippen molar-refractivity contribution < 1.29 is 19.1 Å². The van der Waals surface area contributed by atoms with Crippen molar-refractivity contribution in [1.82, 2.24) is 5.32 Å². The van der Waals surface area contributed by atoms with Crippen LogP contribution in [-0.2, 0) is 9.59 Å². The first-order valence-corrected chi connectivity index (χ1v) is 7.19. The van der Waals surface area contributed by atoms with Gasteiger partial charge in [0.25, 0.3) is 0 Å². The van der Waals surface area contributed by atoms with Gasteiger partial charge in [-0.15, -0.1) is 0 Å². The van der Waals surface area contributed by atoms with Crippen molar-refractivity contribution in [1.29, 1.82) is 0 Å². The molecule has 0 aliphatic rings. The fourth-order valence-corrected chi connectivity index (χ4v) is 1.91. The number of hydrogen-bond acceptors (Lipinski definition) is 3. The SMILES string of the molecule is CSCCC(=O)NC(C(=O)O)c1ccc(Cl)c(F)c1. The van der Waals surface area contributed by atoms with Gasteiger partial charge in [0.2, 0.25) is 5.91 Å². The number of thioether (sulfide) groups is 1. The van der Waals surface area contributed by atoms with Gasteiger partial charge in [-0.1, -0.05) is 17.7 Å². The minimum Gasteiger partial charge on any atom is -0.479 e. The van der Waals surface area contributed by atoms with E-state index in [1.54, 1.807) is 0 Å². The molecule has 0 fully saturated rings. The van der Waals surface area contributed by atoms with Crippen molar-refractivity contribution in [2.24, 2.45) is 0 Å². The van der Waals surface area contributed by atoms with Crippen LogP contribution in [0.3, 0.4) is 0 Å². The van der Waals surface area contributed by atoms with Gasteiger partial charge in [0.1, 0.15) is 5.82 Å². The first-order valence-electron chi connectivity index (χ1n) is 5.41. The number of hydrogen-bond donors (Lipinski definition) is 2. The Morgan fingerprint density at radius 2 is 2.21 bits per heavy atom. The largest absolute Gasteiger partial charge is 0.479 e. The number of amides is 1. The highest BCUT2D eigenvalue weighted by Gasteiger charge is 2.22. The van der Waals surface area contributed by atoms with E-state index in [1.807, 2.05) is 6.26 Å². The summed E-state index contributed by atoms with van der Waals surface area (Å²) in [4.78, 5) is 22.7. The zero-order valence-electron chi connectivity index (χ0n) is 10.2. The Morgan fingerprint density at radius 1 is 1.53 bits per heavy atom. The van der Waals surface area contributed by atoms with E-state index in [9.17, 15) is 14.0 Å². The van der Waals surface area contributed by atoms with Crippen LogP contribution in [0.1, 0.15) is 18.0 Å². The lowest BCUT2D eigenvalue weighted by Crippen LogP contribution is -2.34. The second-order valence-corrected chi connectivity index (χ2v) is 5.15. The van der Waals surface area contributed by atoms with Crippen LogP contribution in [0.4, 0.5) is 4.39 Å². The number of benzene rings is 1. The van der Waals surface area contributed by atoms with E-state index < -0.39 is 23.7 Å². The summed E-state index contributed by atoms with van der Waals surface area (Å²) >= 11 is 7.01. The lowest BCUT2D eigenvalue weighted by Gasteiger charge is -2.15. The predicted molar refractivity (Wildman–Crippen MR) is 72.9 cm³/mol. The summed E-state index contributed by atoms with van der Waals surface area (Å²) in [6, 6.07) is 2.37. The van der Waals surface area contributed by atoms with Gasteiger partial charge in [-0.05, 0) is 24.0 Å². The third kappa shape index (κ3) is 4.72. The normalized spacial score (nSPS) is 11.9. The monoisotopic (exact) mass is 305 g/mol. The molecule has 7 heteroatoms. The van der Waals surface area contributed by atoms with Gasteiger partial charge in [0, 0.05) is 12.2 Å². The number of carbonyl (C=O) groups is 2. The number of nitrogens with one attached hydrogen (secondary N) is 1. The second-order valence-electron chi connectivity index (χ2n) is 3.76. The molecule has 1 aromatic carbocycles. The molecule has 0 bridgehead atoms. The van der Waals surface area contributed by atoms with Crippen molar-refractivity contribution >= 4 is 35.2 Å². The highest BCUT2D eigenvalue weighted by atomic mass is 35.5. The van der Waals surface area contributed by atoms with Crippen molar-refractivity contribution in [3.63, 3.8) is 0 Å². The molecule has 1 unspecified atom stereocenters. The Labute approximate surface area is 119 Å². The van der Waals surface area contributed by atoms with E-state index in [-0.39, 0.29) is 17.0 Å². The lowest BCUT2D eigenvalue weighted by atomic mass is 10.1. The highest BCUT2D eigenvalue weighted by molar-refractivity contribution is 7.98. The van der Waals surface area contributed by atoms with Crippen LogP contribution < -0.4 is 5.32 Å². The summed E-state index contributed by atoms with van der Waals surface area (Å²) in [7, 11) is 0. The molecule has 0 aliphatic heterocycles. The molecule has 2 N–H and O–H groups in total. The van der Waals surface area contributed by atoms with Crippen molar-refractivity contribution in [2.75, 3.05) is 12.0 Å². The minimum atomic E-state index is -1.28. The highest BCUT2D eigenvalue weighted by Crippen LogP contribution is 2.20. The maximum atomic E-state index is 13.3. The Hall–Kier alpha value is -1.27. The summed E-state index contributed by atoms with van der Waals surface area (Å²) < 4.78 is 13.3. The molecule has 1 aromatic rings. The average Bonchev–Trinajstić information content (AvgIpc) is 2.36. The van der Waals surface area contributed by atoms with Gasteiger partial charge in [0.05, 0.1) is 5.02 Å². The summed E-state index contributed by atoms with van der Waals surface area (Å²) in [6.07, 6.45) is 2.05. The first kappa shape index (κ1) is 15.8. The Balaban J connectivity index is 2.85. The molecular weight excluding hydrogens is 293 g/mol. The molecule has 1 amide bonds. The van der Waals surface area contributed by atoms with Gasteiger partial charge in [-0.3, -0.25) is 4.79 Å². The van der Waals surface area contributed by atoms with Crippen LogP contribution >= 0.6 is 23.4 Å². The number of aliphatic carboxylic acids is 1. The molecule has 0 saturated carbocycles. The second kappa shape index (κ2) is 7.35. The van der Waals surface area contributed by atoms with E-state index in [1.165, 1.54) is 23.9 Å². The van der Waals surface area contributed by atoms with Crippen LogP contribution in [-0.4, -0.2) is 29.0 Å². The van der Waals surface area contributed by atoms with Crippen LogP contribution in [0.25, 0.3) is 0 Å². The van der Waals surface area contributed by atoms with E-state index >= 15 is 0 Å². The van der Waals surface area contributed by atoms with Crippen LogP contribution in [0.2, 0.25) is 5.02 Å². The minimum absolute atomic E-state index is 0.0957. The van der Waals surface area contributed by atoms with E-state index in [0.29, 0.717) is 5.75 Å². The van der Waals surface area contributed by atoms with Gasteiger partial charge >= 0.3 is 5.97 Å². The summed E-state index contributed by atoms with van der Waals surface area (Å²) in [5.74, 6) is -1.77. The van der Waals surface area contributed by atoms with Gasteiger partial charge < -0.3 is 10.4 Å². The van der Waals surface area contributed by atoms with Crippen molar-refractivity contribution in [3.05, 3.63) is 34.6 Å². The maximum absolute atomic E-state index is 13.3. The Morgan fingerprint density at radius 3 is 2.74 bits per heavy atom. The van der Waals surface area contributed by atoms with Gasteiger partial charge in [-0.2, -0.15) is 11.8 Å². The summed E-state index contributed by atoms with van der Waals surface area (Å²) in [5.41, 5.74) is 0.145. The number of halogens is 2. The molecule has 0 radical (unpaired) electrons. The fourth-order valence-electron chi connectivity index (χ4n) is 1.41. The predicted octanol–water partition coefficient (Wildman–Crippen LogP) is 2.47. The molecule has 19 heavy (non-hydrogen) atoms. The van der Waals surface area contributed by atoms with Crippen LogP contribution in [0.15, 0.2) is 18.2 Å². The standard InChI is InChI=1S/C12H13ClFNO3S/c1-19-5-4-10(16)15-11(12(17)18)7-2-3-8(13)9(14)6-7/h2-3,6,11H,4-5H2,1H3,(H,15,16)(H,17,18). The zero-order valence-corrected chi connectivity index (χ0v) is 11.7. The number of rotatable bonds is 6. The van der Waals surface area contributed by atoms with Gasteiger partial charge in [0.15, 0.2) is 6.04 Å². The summed E-state index contributed by atoms with van der Waals surface area (Å²) in [5, 5.41) is 11.3. The molecule has 0 aromatic heterocycles. The Kier molecular flexibility index (Phi) is 6.11. The smallest absolute Gasteiger partial charge is 0.330 e. The summed E-state index contributed by atoms with van der Waals surface area (Å²) in [6.45, 7) is 0. The zero-order chi connectivity index (χ0) is 14.4. The first-order chi connectivity index (χ1) is 8.95. The van der Waals surface area contributed by atoms with Crippen LogP contribution in [0.5, 0.6) is 0 Å². The molecule has 0 spiro atoms. The third-order valence-electron chi connectivity index (χ3n) is 2.36. The quantitative estimate of drug-likeness (QED) is 0.847.